The third-order valence-corrected chi connectivity index (χ3v) is 2.56. The summed E-state index contributed by atoms with van der Waals surface area (Å²) in [6.07, 6.45) is 0. The topological polar surface area (TPSA) is 0 Å². The van der Waals surface area contributed by atoms with E-state index in [-0.39, 0.29) is 3.74 Å². The minimum atomic E-state index is 0.228. The van der Waals surface area contributed by atoms with Crippen molar-refractivity contribution in [1.82, 2.24) is 0 Å². The summed E-state index contributed by atoms with van der Waals surface area (Å²) in [5.41, 5.74) is 1.19. The predicted molar refractivity (Wildman–Crippen MR) is 53.6 cm³/mol. The van der Waals surface area contributed by atoms with Gasteiger partial charge in [-0.3, -0.25) is 0 Å². The fourth-order valence-corrected chi connectivity index (χ4v) is 1.56. The molecule has 1 aromatic rings. The van der Waals surface area contributed by atoms with Gasteiger partial charge in [-0.25, -0.2) is 0 Å². The van der Waals surface area contributed by atoms with Gasteiger partial charge in [0.25, 0.3) is 0 Å². The minimum Gasteiger partial charge on any atom is -0.0712 e. The molecule has 0 nitrogen and oxygen atoms in total. The fourth-order valence-electron chi connectivity index (χ4n) is 0.589. The normalized spacial score (nSPS) is 10.4. The first-order valence-corrected chi connectivity index (χ1v) is 5.28. The highest BCUT2D eigenvalue weighted by molar-refractivity contribution is 9.24. The maximum absolute atomic E-state index is 3.40. The van der Waals surface area contributed by atoms with Gasteiger partial charge in [-0.05, 0) is 17.7 Å². The van der Waals surface area contributed by atoms with E-state index in [2.05, 4.69) is 53.9 Å². The highest BCUT2D eigenvalue weighted by atomic mass is 79.9. The van der Waals surface area contributed by atoms with Crippen LogP contribution in [0.2, 0.25) is 0 Å². The molecule has 0 aliphatic heterocycles. The molecule has 0 saturated carbocycles. The van der Waals surface area contributed by atoms with Crippen LogP contribution < -0.4 is 0 Å². The van der Waals surface area contributed by atoms with Crippen LogP contribution in [0.25, 0.3) is 0 Å². The van der Waals surface area contributed by atoms with Crippen molar-refractivity contribution in [2.24, 2.45) is 0 Å². The van der Waals surface area contributed by atoms with Crippen molar-refractivity contribution < 1.29 is 0 Å². The summed E-state index contributed by atoms with van der Waals surface area (Å²) in [6.45, 7) is 0. The van der Waals surface area contributed by atoms with Gasteiger partial charge in [-0.1, -0.05) is 59.9 Å². The summed E-state index contributed by atoms with van der Waals surface area (Å²) in [5, 5.41) is 0. The number of alkyl halides is 2. The van der Waals surface area contributed by atoms with Crippen molar-refractivity contribution in [1.29, 1.82) is 0 Å². The maximum Gasteiger partial charge on any atom is 0.0946 e. The number of halogens is 3. The highest BCUT2D eigenvalue weighted by Gasteiger charge is 2.00. The Labute approximate surface area is 85.4 Å². The van der Waals surface area contributed by atoms with E-state index < -0.39 is 0 Å². The van der Waals surface area contributed by atoms with Crippen molar-refractivity contribution in [3.05, 3.63) is 34.3 Å². The Morgan fingerprint density at radius 3 is 2.50 bits per heavy atom. The van der Waals surface area contributed by atoms with Crippen LogP contribution in [0, 0.1) is 6.07 Å². The molecule has 1 aromatic carbocycles. The Morgan fingerprint density at radius 2 is 2.10 bits per heavy atom. The van der Waals surface area contributed by atoms with E-state index in [0.29, 0.717) is 0 Å². The fraction of sp³-hybridized carbons (Fsp3) is 0.143. The van der Waals surface area contributed by atoms with Crippen LogP contribution in [0.3, 0.4) is 0 Å². The smallest absolute Gasteiger partial charge is 0.0712 e. The second-order valence-electron chi connectivity index (χ2n) is 1.77. The van der Waals surface area contributed by atoms with E-state index in [4.69, 9.17) is 0 Å². The molecule has 0 unspecified atom stereocenters. The van der Waals surface area contributed by atoms with Crippen LogP contribution in [0.4, 0.5) is 0 Å². The Hall–Kier alpha value is 0.660. The Bertz CT molecular complexity index is 220. The van der Waals surface area contributed by atoms with E-state index >= 15 is 0 Å². The van der Waals surface area contributed by atoms with Gasteiger partial charge in [0.1, 0.15) is 0 Å². The molecule has 0 amide bonds. The molecule has 1 radical (unpaired) electrons. The first-order chi connectivity index (χ1) is 4.70. The third kappa shape index (κ3) is 2.36. The summed E-state index contributed by atoms with van der Waals surface area (Å²) >= 11 is 10.1. The zero-order valence-corrected chi connectivity index (χ0v) is 9.70. The average Bonchev–Trinajstić information content (AvgIpc) is 1.88. The monoisotopic (exact) mass is 325 g/mol. The first-order valence-electron chi connectivity index (χ1n) is 2.65. The van der Waals surface area contributed by atoms with Gasteiger partial charge in [0.15, 0.2) is 0 Å². The molecule has 0 fully saturated rings. The predicted octanol–water partition coefficient (Wildman–Crippen LogP) is 4.04. The lowest BCUT2D eigenvalue weighted by Crippen LogP contribution is -1.78. The molecule has 0 aliphatic rings. The molecule has 0 N–H and O–H groups in total. The maximum atomic E-state index is 3.40. The van der Waals surface area contributed by atoms with Crippen molar-refractivity contribution in [3.63, 3.8) is 0 Å². The molecular weight excluding hydrogens is 324 g/mol. The van der Waals surface area contributed by atoms with Gasteiger partial charge in [-0.2, -0.15) is 0 Å². The molecule has 3 heteroatoms. The molecule has 0 atom stereocenters. The Morgan fingerprint density at radius 1 is 1.40 bits per heavy atom. The van der Waals surface area contributed by atoms with E-state index in [1.165, 1.54) is 5.56 Å². The molecule has 0 aromatic heterocycles. The number of hydrogen-bond donors (Lipinski definition) is 0. The van der Waals surface area contributed by atoms with Crippen LogP contribution in [-0.2, 0) is 0 Å². The van der Waals surface area contributed by atoms with Crippen LogP contribution in [-0.4, -0.2) is 0 Å². The summed E-state index contributed by atoms with van der Waals surface area (Å²) in [5.74, 6) is 0. The van der Waals surface area contributed by atoms with Gasteiger partial charge >= 0.3 is 0 Å². The van der Waals surface area contributed by atoms with E-state index in [1.807, 2.05) is 18.2 Å². The third-order valence-electron chi connectivity index (χ3n) is 1.04. The van der Waals surface area contributed by atoms with Gasteiger partial charge in [0, 0.05) is 4.47 Å². The van der Waals surface area contributed by atoms with Crippen molar-refractivity contribution in [2.75, 3.05) is 0 Å². The lowest BCUT2D eigenvalue weighted by Gasteiger charge is -2.00. The second kappa shape index (κ2) is 3.88. The van der Waals surface area contributed by atoms with Crippen molar-refractivity contribution in [3.8, 4) is 0 Å². The highest BCUT2D eigenvalue weighted by Crippen LogP contribution is 2.30. The standard InChI is InChI=1S/C7H4Br3/c8-6-3-1-2-5(4-6)7(9)10/h1-2,4,7H. The quantitative estimate of drug-likeness (QED) is 0.683. The largest absolute Gasteiger partial charge is 0.0946 e. The zero-order chi connectivity index (χ0) is 7.56. The van der Waals surface area contributed by atoms with Crippen LogP contribution in [0.1, 0.15) is 9.30 Å². The summed E-state index contributed by atoms with van der Waals surface area (Å²) in [6, 6.07) is 8.89. The van der Waals surface area contributed by atoms with Crippen LogP contribution in [0.15, 0.2) is 22.7 Å². The Kier molecular flexibility index (Phi) is 3.40. The molecule has 53 valence electrons. The van der Waals surface area contributed by atoms with Crippen molar-refractivity contribution in [2.45, 2.75) is 3.74 Å². The molecule has 10 heavy (non-hydrogen) atoms. The van der Waals surface area contributed by atoms with E-state index in [0.717, 1.165) is 4.47 Å². The lowest BCUT2D eigenvalue weighted by atomic mass is 10.2. The van der Waals surface area contributed by atoms with Crippen LogP contribution in [0.5, 0.6) is 0 Å². The summed E-state index contributed by atoms with van der Waals surface area (Å²) in [4.78, 5) is 0. The molecule has 1 rings (SSSR count). The molecule has 0 saturated heterocycles. The average molecular weight is 328 g/mol. The molecular formula is C7H4Br3. The molecule has 0 heterocycles. The molecule has 0 bridgehead atoms. The number of rotatable bonds is 1. The van der Waals surface area contributed by atoms with E-state index in [1.54, 1.807) is 0 Å². The van der Waals surface area contributed by atoms with E-state index in [9.17, 15) is 0 Å². The first kappa shape index (κ1) is 8.75. The van der Waals surface area contributed by atoms with Gasteiger partial charge in [0.2, 0.25) is 0 Å². The second-order valence-corrected chi connectivity index (χ2v) is 5.69. The molecule has 0 aliphatic carbocycles. The van der Waals surface area contributed by atoms with Gasteiger partial charge in [0.05, 0.1) is 3.74 Å². The lowest BCUT2D eigenvalue weighted by molar-refractivity contribution is 1.40. The summed E-state index contributed by atoms with van der Waals surface area (Å²) < 4.78 is 1.21. The van der Waals surface area contributed by atoms with Crippen LogP contribution >= 0.6 is 47.8 Å². The SMILES string of the molecule is Brc1[c]ccc(C(Br)Br)c1. The number of hydrogen-bond acceptors (Lipinski definition) is 0. The van der Waals surface area contributed by atoms with Crippen molar-refractivity contribution >= 4 is 47.8 Å². The summed E-state index contributed by atoms with van der Waals surface area (Å²) in [7, 11) is 0. The Balaban J connectivity index is 2.96. The van der Waals surface area contributed by atoms with Gasteiger partial charge in [-0.15, -0.1) is 0 Å². The zero-order valence-electron chi connectivity index (χ0n) is 4.94. The minimum absolute atomic E-state index is 0.228. The molecule has 0 spiro atoms. The van der Waals surface area contributed by atoms with Gasteiger partial charge < -0.3 is 0 Å². The number of benzene rings is 1.